The van der Waals surface area contributed by atoms with Crippen molar-refractivity contribution in [1.82, 2.24) is 0 Å². The zero-order valence-electron chi connectivity index (χ0n) is 3.78. The number of hydrogen-bond donors (Lipinski definition) is 0. The van der Waals surface area contributed by atoms with Crippen LogP contribution in [0.1, 0.15) is 13.3 Å². The molecule has 0 saturated carbocycles. The molecular formula is C6H6. The van der Waals surface area contributed by atoms with Gasteiger partial charge in [0.15, 0.2) is 0 Å². The zero-order chi connectivity index (χ0) is 4.41. The van der Waals surface area contributed by atoms with Crippen molar-refractivity contribution in [2.75, 3.05) is 0 Å². The van der Waals surface area contributed by atoms with Crippen LogP contribution in [0.4, 0.5) is 0 Å². The lowest BCUT2D eigenvalue weighted by Gasteiger charge is -1.77. The summed E-state index contributed by atoms with van der Waals surface area (Å²) < 4.78 is 0. The highest BCUT2D eigenvalue weighted by Crippen LogP contribution is 2.00. The van der Waals surface area contributed by atoms with Crippen LogP contribution in [-0.4, -0.2) is 0 Å². The van der Waals surface area contributed by atoms with Gasteiger partial charge < -0.3 is 0 Å². The van der Waals surface area contributed by atoms with Crippen LogP contribution in [-0.2, 0) is 0 Å². The molecule has 30 valence electrons. The van der Waals surface area contributed by atoms with Gasteiger partial charge >= 0.3 is 0 Å². The van der Waals surface area contributed by atoms with Crippen LogP contribution >= 0.6 is 0 Å². The number of rotatable bonds is 0. The van der Waals surface area contributed by atoms with Crippen molar-refractivity contribution in [3.63, 3.8) is 0 Å². The Hall–Kier alpha value is -0.700. The van der Waals surface area contributed by atoms with E-state index in [9.17, 15) is 0 Å². The maximum atomic E-state index is 2.93. The Morgan fingerprint density at radius 2 is 2.67 bits per heavy atom. The van der Waals surface area contributed by atoms with Gasteiger partial charge in [0.25, 0.3) is 0 Å². The van der Waals surface area contributed by atoms with Gasteiger partial charge in [0, 0.05) is 6.42 Å². The Bertz CT molecular complexity index is 130. The van der Waals surface area contributed by atoms with E-state index in [2.05, 4.69) is 18.8 Å². The first-order valence-corrected chi connectivity index (χ1v) is 2.03. The summed E-state index contributed by atoms with van der Waals surface area (Å²) in [4.78, 5) is 0. The molecule has 1 aliphatic carbocycles. The summed E-state index contributed by atoms with van der Waals surface area (Å²) in [6.45, 7) is 2.08. The van der Waals surface area contributed by atoms with Crippen molar-refractivity contribution in [1.29, 1.82) is 0 Å². The second-order valence-corrected chi connectivity index (χ2v) is 1.49. The van der Waals surface area contributed by atoms with E-state index in [-0.39, 0.29) is 0 Å². The fourth-order valence-electron chi connectivity index (χ4n) is 0.416. The van der Waals surface area contributed by atoms with Gasteiger partial charge in [0.05, 0.1) is 0 Å². The minimum absolute atomic E-state index is 0.986. The van der Waals surface area contributed by atoms with Crippen LogP contribution in [0.5, 0.6) is 0 Å². The summed E-state index contributed by atoms with van der Waals surface area (Å²) in [5.74, 6) is 5.79. The average Bonchev–Trinajstić information content (AvgIpc) is 1.86. The van der Waals surface area contributed by atoms with Gasteiger partial charge in [-0.3, -0.25) is 0 Å². The van der Waals surface area contributed by atoms with E-state index in [0.29, 0.717) is 0 Å². The Labute approximate surface area is 37.9 Å². The lowest BCUT2D eigenvalue weighted by Crippen LogP contribution is -1.60. The van der Waals surface area contributed by atoms with Crippen molar-refractivity contribution in [2.45, 2.75) is 13.3 Å². The molecule has 0 fully saturated rings. The Morgan fingerprint density at radius 1 is 1.83 bits per heavy atom. The largest absolute Gasteiger partial charge is 0.0941 e. The summed E-state index contributed by atoms with van der Waals surface area (Å²) in [6, 6.07) is 0. The minimum Gasteiger partial charge on any atom is -0.0941 e. The molecular weight excluding hydrogens is 72.1 g/mol. The van der Waals surface area contributed by atoms with E-state index < -0.39 is 0 Å². The molecule has 0 atom stereocenters. The number of hydrogen-bond acceptors (Lipinski definition) is 0. The van der Waals surface area contributed by atoms with E-state index in [1.54, 1.807) is 0 Å². The summed E-state index contributed by atoms with van der Waals surface area (Å²) in [7, 11) is 0. The van der Waals surface area contributed by atoms with E-state index in [1.807, 2.05) is 6.08 Å². The van der Waals surface area contributed by atoms with Gasteiger partial charge in [-0.1, -0.05) is 17.4 Å². The van der Waals surface area contributed by atoms with Gasteiger partial charge in [-0.05, 0) is 13.0 Å². The fourth-order valence-corrected chi connectivity index (χ4v) is 0.416. The Kier molecular flexibility index (Phi) is 0.686. The Balaban J connectivity index is 2.72. The first-order valence-electron chi connectivity index (χ1n) is 2.03. The standard InChI is InChI=1S/C6H6/c1-6-4-2-3-5-6/h4H,5H2,1H3. The lowest BCUT2D eigenvalue weighted by molar-refractivity contribution is 1.28. The summed E-state index contributed by atoms with van der Waals surface area (Å²) in [6.07, 6.45) is 2.94. The van der Waals surface area contributed by atoms with Crippen molar-refractivity contribution >= 4 is 0 Å². The first-order chi connectivity index (χ1) is 2.89. The van der Waals surface area contributed by atoms with Gasteiger partial charge in [-0.15, -0.1) is 0 Å². The molecule has 0 N–H and O–H groups in total. The molecule has 0 radical (unpaired) electrons. The third-order valence-corrected chi connectivity index (χ3v) is 0.788. The van der Waals surface area contributed by atoms with Gasteiger partial charge in [0.1, 0.15) is 0 Å². The van der Waals surface area contributed by atoms with Crippen LogP contribution in [0.2, 0.25) is 0 Å². The fraction of sp³-hybridized carbons (Fsp3) is 0.333. The first kappa shape index (κ1) is 3.49. The molecule has 0 aromatic carbocycles. The van der Waals surface area contributed by atoms with Gasteiger partial charge in [0.2, 0.25) is 0 Å². The molecule has 0 spiro atoms. The van der Waals surface area contributed by atoms with Crippen LogP contribution < -0.4 is 0 Å². The van der Waals surface area contributed by atoms with E-state index in [4.69, 9.17) is 0 Å². The van der Waals surface area contributed by atoms with E-state index in [1.165, 1.54) is 5.57 Å². The predicted octanol–water partition coefficient (Wildman–Crippen LogP) is 1.34. The molecule has 0 heteroatoms. The maximum absolute atomic E-state index is 2.93. The smallest absolute Gasteiger partial charge is 0.0309 e. The van der Waals surface area contributed by atoms with Crippen molar-refractivity contribution < 1.29 is 0 Å². The van der Waals surface area contributed by atoms with Gasteiger partial charge in [-0.25, -0.2) is 0 Å². The van der Waals surface area contributed by atoms with Crippen molar-refractivity contribution in [3.8, 4) is 11.8 Å². The molecule has 1 rings (SSSR count). The third kappa shape index (κ3) is 0.440. The van der Waals surface area contributed by atoms with E-state index >= 15 is 0 Å². The molecule has 0 unspecified atom stereocenters. The highest BCUT2D eigenvalue weighted by molar-refractivity contribution is 5.30. The van der Waals surface area contributed by atoms with Gasteiger partial charge in [-0.2, -0.15) is 0 Å². The molecule has 0 heterocycles. The highest BCUT2D eigenvalue weighted by Gasteiger charge is 1.85. The molecule has 0 aromatic heterocycles. The average molecular weight is 78.1 g/mol. The molecule has 0 amide bonds. The minimum atomic E-state index is 0.986. The number of allylic oxidation sites excluding steroid dienone is 2. The zero-order valence-corrected chi connectivity index (χ0v) is 3.78. The van der Waals surface area contributed by atoms with Crippen LogP contribution in [0.15, 0.2) is 11.6 Å². The summed E-state index contributed by atoms with van der Waals surface area (Å²) in [5.41, 5.74) is 1.36. The van der Waals surface area contributed by atoms with Crippen molar-refractivity contribution in [3.05, 3.63) is 11.6 Å². The quantitative estimate of drug-likeness (QED) is 0.383. The highest BCUT2D eigenvalue weighted by atomic mass is 13.9. The van der Waals surface area contributed by atoms with Crippen LogP contribution in [0, 0.1) is 11.8 Å². The lowest BCUT2D eigenvalue weighted by atomic mass is 10.3. The molecule has 0 nitrogen and oxygen atoms in total. The normalized spacial score (nSPS) is 15.8. The molecule has 0 bridgehead atoms. The molecule has 0 aromatic rings. The maximum Gasteiger partial charge on any atom is 0.0309 e. The second kappa shape index (κ2) is 1.18. The molecule has 6 heavy (non-hydrogen) atoms. The van der Waals surface area contributed by atoms with Crippen molar-refractivity contribution in [2.24, 2.45) is 0 Å². The Morgan fingerprint density at radius 3 is 2.83 bits per heavy atom. The van der Waals surface area contributed by atoms with Crippen LogP contribution in [0.25, 0.3) is 0 Å². The van der Waals surface area contributed by atoms with E-state index in [0.717, 1.165) is 6.42 Å². The predicted molar refractivity (Wildman–Crippen MR) is 26.1 cm³/mol. The molecule has 0 aliphatic heterocycles. The topological polar surface area (TPSA) is 0 Å². The third-order valence-electron chi connectivity index (χ3n) is 0.788. The van der Waals surface area contributed by atoms with Crippen LogP contribution in [0.3, 0.4) is 0 Å². The monoisotopic (exact) mass is 78.0 g/mol. The molecule has 0 saturated heterocycles. The second-order valence-electron chi connectivity index (χ2n) is 1.49. The summed E-state index contributed by atoms with van der Waals surface area (Å²) >= 11 is 0. The SMILES string of the molecule is CC1=CC#CC1. The summed E-state index contributed by atoms with van der Waals surface area (Å²) in [5, 5.41) is 0. The molecule has 1 aliphatic rings.